The predicted molar refractivity (Wildman–Crippen MR) is 85.2 cm³/mol. The molecule has 0 fully saturated rings. The first-order chi connectivity index (χ1) is 10.0. The Kier molecular flexibility index (Phi) is 4.65. The highest BCUT2D eigenvalue weighted by Crippen LogP contribution is 2.28. The van der Waals surface area contributed by atoms with Crippen LogP contribution < -0.4 is 4.74 Å². The number of ether oxygens (including phenoxy) is 1. The standard InChI is InChI=1S/C19H21NO/c1-4-19(2,3)17-8-10-18(11-9-17)21-14-16-7-5-6-15(12-16)13-20/h5-12H,4,14H2,1-3H3. The van der Waals surface area contributed by atoms with E-state index in [4.69, 9.17) is 10.00 Å². The quantitative estimate of drug-likeness (QED) is 0.785. The highest BCUT2D eigenvalue weighted by atomic mass is 16.5. The van der Waals surface area contributed by atoms with E-state index in [-0.39, 0.29) is 5.41 Å². The van der Waals surface area contributed by atoms with Gasteiger partial charge in [-0.15, -0.1) is 0 Å². The lowest BCUT2D eigenvalue weighted by atomic mass is 9.82. The van der Waals surface area contributed by atoms with Crippen LogP contribution in [0.5, 0.6) is 5.75 Å². The van der Waals surface area contributed by atoms with Crippen LogP contribution in [0.15, 0.2) is 48.5 Å². The molecule has 0 radical (unpaired) electrons. The van der Waals surface area contributed by atoms with Crippen molar-refractivity contribution >= 4 is 0 Å². The van der Waals surface area contributed by atoms with Gasteiger partial charge in [0.15, 0.2) is 0 Å². The SMILES string of the molecule is CCC(C)(C)c1ccc(OCc2cccc(C#N)c2)cc1. The smallest absolute Gasteiger partial charge is 0.119 e. The topological polar surface area (TPSA) is 33.0 Å². The van der Waals surface area contributed by atoms with Crippen molar-refractivity contribution in [3.8, 4) is 11.8 Å². The zero-order valence-corrected chi connectivity index (χ0v) is 12.9. The van der Waals surface area contributed by atoms with Gasteiger partial charge in [-0.3, -0.25) is 0 Å². The Morgan fingerprint density at radius 3 is 2.43 bits per heavy atom. The van der Waals surface area contributed by atoms with Crippen LogP contribution in [-0.2, 0) is 12.0 Å². The third-order valence-corrected chi connectivity index (χ3v) is 3.98. The monoisotopic (exact) mass is 279 g/mol. The Hall–Kier alpha value is -2.27. The van der Waals surface area contributed by atoms with E-state index in [0.29, 0.717) is 12.2 Å². The maximum atomic E-state index is 8.89. The molecule has 0 atom stereocenters. The zero-order valence-electron chi connectivity index (χ0n) is 12.9. The first-order valence-electron chi connectivity index (χ1n) is 7.27. The number of rotatable bonds is 5. The molecule has 21 heavy (non-hydrogen) atoms. The largest absolute Gasteiger partial charge is 0.489 e. The van der Waals surface area contributed by atoms with Crippen LogP contribution >= 0.6 is 0 Å². The van der Waals surface area contributed by atoms with Gasteiger partial charge in [0.2, 0.25) is 0 Å². The average Bonchev–Trinajstić information content (AvgIpc) is 2.53. The summed E-state index contributed by atoms with van der Waals surface area (Å²) >= 11 is 0. The summed E-state index contributed by atoms with van der Waals surface area (Å²) in [5, 5.41) is 8.89. The molecule has 0 amide bonds. The van der Waals surface area contributed by atoms with Gasteiger partial charge < -0.3 is 4.74 Å². The van der Waals surface area contributed by atoms with Crippen molar-refractivity contribution in [2.24, 2.45) is 0 Å². The fourth-order valence-electron chi connectivity index (χ4n) is 2.10. The summed E-state index contributed by atoms with van der Waals surface area (Å²) in [7, 11) is 0. The average molecular weight is 279 g/mol. The number of hydrogen-bond acceptors (Lipinski definition) is 2. The second kappa shape index (κ2) is 6.45. The molecule has 0 aliphatic heterocycles. The van der Waals surface area contributed by atoms with Gasteiger partial charge in [0, 0.05) is 0 Å². The second-order valence-corrected chi connectivity index (χ2v) is 5.86. The van der Waals surface area contributed by atoms with Crippen LogP contribution in [-0.4, -0.2) is 0 Å². The minimum absolute atomic E-state index is 0.194. The van der Waals surface area contributed by atoms with Crippen LogP contribution in [0.25, 0.3) is 0 Å². The van der Waals surface area contributed by atoms with Crippen molar-refractivity contribution in [1.82, 2.24) is 0 Å². The molecule has 0 aliphatic carbocycles. The molecule has 0 bridgehead atoms. The van der Waals surface area contributed by atoms with Crippen LogP contribution in [0.2, 0.25) is 0 Å². The predicted octanol–water partition coefficient (Wildman–Crippen LogP) is 4.82. The van der Waals surface area contributed by atoms with Gasteiger partial charge in [0.1, 0.15) is 12.4 Å². The molecule has 0 saturated heterocycles. The van der Waals surface area contributed by atoms with Crippen LogP contribution in [0.1, 0.15) is 43.9 Å². The maximum Gasteiger partial charge on any atom is 0.119 e. The van der Waals surface area contributed by atoms with E-state index in [9.17, 15) is 0 Å². The van der Waals surface area contributed by atoms with E-state index in [2.05, 4.69) is 39.0 Å². The first-order valence-corrected chi connectivity index (χ1v) is 7.27. The Morgan fingerprint density at radius 1 is 1.10 bits per heavy atom. The Balaban J connectivity index is 2.02. The van der Waals surface area contributed by atoms with Crippen molar-refractivity contribution < 1.29 is 4.74 Å². The lowest BCUT2D eigenvalue weighted by Crippen LogP contribution is -2.15. The highest BCUT2D eigenvalue weighted by molar-refractivity contribution is 5.34. The highest BCUT2D eigenvalue weighted by Gasteiger charge is 2.17. The maximum absolute atomic E-state index is 8.89. The molecule has 0 N–H and O–H groups in total. The molecule has 0 aliphatic rings. The molecule has 0 aromatic heterocycles. The second-order valence-electron chi connectivity index (χ2n) is 5.86. The van der Waals surface area contributed by atoms with Crippen molar-refractivity contribution in [3.63, 3.8) is 0 Å². The summed E-state index contributed by atoms with van der Waals surface area (Å²) in [5.74, 6) is 0.855. The van der Waals surface area contributed by atoms with Crippen molar-refractivity contribution in [2.45, 2.75) is 39.2 Å². The molecular formula is C19H21NO. The van der Waals surface area contributed by atoms with E-state index in [0.717, 1.165) is 17.7 Å². The number of nitrogens with zero attached hydrogens (tertiary/aromatic N) is 1. The molecule has 2 aromatic rings. The van der Waals surface area contributed by atoms with Crippen LogP contribution in [0.3, 0.4) is 0 Å². The Bertz CT molecular complexity index is 635. The third kappa shape index (κ3) is 3.86. The minimum atomic E-state index is 0.194. The summed E-state index contributed by atoms with van der Waals surface area (Å²) in [6.07, 6.45) is 1.11. The van der Waals surface area contributed by atoms with Crippen LogP contribution in [0, 0.1) is 11.3 Å². The molecule has 0 spiro atoms. The summed E-state index contributed by atoms with van der Waals surface area (Å²) in [4.78, 5) is 0. The van der Waals surface area contributed by atoms with Gasteiger partial charge in [0.25, 0.3) is 0 Å². The van der Waals surface area contributed by atoms with Gasteiger partial charge in [-0.25, -0.2) is 0 Å². The van der Waals surface area contributed by atoms with Crippen molar-refractivity contribution in [3.05, 3.63) is 65.2 Å². The van der Waals surface area contributed by atoms with Crippen molar-refractivity contribution in [1.29, 1.82) is 5.26 Å². The molecule has 108 valence electrons. The van der Waals surface area contributed by atoms with Gasteiger partial charge in [-0.05, 0) is 47.2 Å². The summed E-state index contributed by atoms with van der Waals surface area (Å²) in [5.41, 5.74) is 3.19. The molecule has 0 unspecified atom stereocenters. The first kappa shape index (κ1) is 15.1. The van der Waals surface area contributed by atoms with E-state index in [1.165, 1.54) is 5.56 Å². The number of benzene rings is 2. The molecule has 0 saturated carbocycles. The van der Waals surface area contributed by atoms with Gasteiger partial charge in [-0.2, -0.15) is 5.26 Å². The van der Waals surface area contributed by atoms with E-state index in [1.54, 1.807) is 6.07 Å². The van der Waals surface area contributed by atoms with Gasteiger partial charge >= 0.3 is 0 Å². The van der Waals surface area contributed by atoms with Crippen molar-refractivity contribution in [2.75, 3.05) is 0 Å². The third-order valence-electron chi connectivity index (χ3n) is 3.98. The minimum Gasteiger partial charge on any atom is -0.489 e. The van der Waals surface area contributed by atoms with E-state index in [1.807, 2.05) is 30.3 Å². The molecule has 2 rings (SSSR count). The summed E-state index contributed by atoms with van der Waals surface area (Å²) < 4.78 is 5.78. The Morgan fingerprint density at radius 2 is 1.81 bits per heavy atom. The molecule has 2 heteroatoms. The number of nitriles is 1. The molecule has 2 nitrogen and oxygen atoms in total. The molecule has 0 heterocycles. The fraction of sp³-hybridized carbons (Fsp3) is 0.316. The fourth-order valence-corrected chi connectivity index (χ4v) is 2.10. The zero-order chi connectivity index (χ0) is 15.3. The molecular weight excluding hydrogens is 258 g/mol. The van der Waals surface area contributed by atoms with E-state index >= 15 is 0 Å². The van der Waals surface area contributed by atoms with E-state index < -0.39 is 0 Å². The van der Waals surface area contributed by atoms with Crippen LogP contribution in [0.4, 0.5) is 0 Å². The lowest BCUT2D eigenvalue weighted by Gasteiger charge is -2.23. The lowest BCUT2D eigenvalue weighted by molar-refractivity contribution is 0.306. The van der Waals surface area contributed by atoms with Gasteiger partial charge in [0.05, 0.1) is 11.6 Å². The summed E-state index contributed by atoms with van der Waals surface area (Å²) in [6.45, 7) is 7.17. The number of hydrogen-bond donors (Lipinski definition) is 0. The normalized spacial score (nSPS) is 11.0. The Labute approximate surface area is 127 Å². The van der Waals surface area contributed by atoms with Gasteiger partial charge in [-0.1, -0.05) is 45.0 Å². The molecule has 2 aromatic carbocycles. The summed E-state index contributed by atoms with van der Waals surface area (Å²) in [6, 6.07) is 17.9.